The topological polar surface area (TPSA) is 81.9 Å². The molecule has 3 heterocycles. The lowest BCUT2D eigenvalue weighted by atomic mass is 10.2. The summed E-state index contributed by atoms with van der Waals surface area (Å²) in [5.41, 5.74) is 0. The number of hydrogen-bond acceptors (Lipinski definition) is 5. The van der Waals surface area contributed by atoms with Crippen LogP contribution in [0.5, 0.6) is 0 Å². The molecular weight excluding hydrogens is 374 g/mol. The van der Waals surface area contributed by atoms with Gasteiger partial charge in [-0.2, -0.15) is 0 Å². The van der Waals surface area contributed by atoms with Gasteiger partial charge in [0.05, 0.1) is 17.2 Å². The third-order valence-electron chi connectivity index (χ3n) is 4.82. The van der Waals surface area contributed by atoms with Crippen LogP contribution < -0.4 is 16.0 Å². The van der Waals surface area contributed by atoms with Crippen LogP contribution in [-0.2, 0) is 0 Å². The van der Waals surface area contributed by atoms with E-state index < -0.39 is 0 Å². The van der Waals surface area contributed by atoms with Gasteiger partial charge in [0.15, 0.2) is 5.96 Å². The fourth-order valence-corrected chi connectivity index (χ4v) is 3.99. The maximum Gasteiger partial charge on any atom is 0.261 e. The lowest BCUT2D eigenvalue weighted by Gasteiger charge is -2.26. The first-order valence-corrected chi connectivity index (χ1v) is 10.7. The summed E-state index contributed by atoms with van der Waals surface area (Å²) in [5.74, 6) is 1.74. The minimum absolute atomic E-state index is 0.00981. The molecule has 0 radical (unpaired) electrons. The lowest BCUT2D eigenvalue weighted by Crippen LogP contribution is -2.43. The van der Waals surface area contributed by atoms with Crippen molar-refractivity contribution in [2.45, 2.75) is 25.3 Å². The summed E-state index contributed by atoms with van der Waals surface area (Å²) in [6, 6.07) is 7.91. The monoisotopic (exact) mass is 403 g/mol. The first-order valence-electron chi connectivity index (χ1n) is 9.81. The van der Waals surface area contributed by atoms with Crippen molar-refractivity contribution in [1.82, 2.24) is 20.9 Å². The number of aliphatic imine (C=N–C) groups is 1. The Hall–Kier alpha value is -2.32. The van der Waals surface area contributed by atoms with E-state index in [9.17, 15) is 4.79 Å². The third-order valence-corrected chi connectivity index (χ3v) is 5.68. The Balaban J connectivity index is 1.38. The smallest absolute Gasteiger partial charge is 0.261 e. The van der Waals surface area contributed by atoms with E-state index in [2.05, 4.69) is 25.8 Å². The van der Waals surface area contributed by atoms with E-state index in [1.165, 1.54) is 24.2 Å². The highest BCUT2D eigenvalue weighted by atomic mass is 32.1. The molecule has 0 aliphatic carbocycles. The van der Waals surface area contributed by atoms with Gasteiger partial charge >= 0.3 is 0 Å². The molecule has 8 heteroatoms. The molecule has 28 heavy (non-hydrogen) atoms. The first-order chi connectivity index (χ1) is 13.8. The largest absolute Gasteiger partial charge is 0.468 e. The molecule has 3 rings (SSSR count). The summed E-state index contributed by atoms with van der Waals surface area (Å²) in [4.78, 5) is 19.4. The van der Waals surface area contributed by atoms with Crippen LogP contribution in [0.2, 0.25) is 0 Å². The van der Waals surface area contributed by atoms with Gasteiger partial charge in [-0.25, -0.2) is 0 Å². The molecule has 1 atom stereocenters. The van der Waals surface area contributed by atoms with Crippen LogP contribution >= 0.6 is 11.3 Å². The highest BCUT2D eigenvalue weighted by Gasteiger charge is 2.25. The van der Waals surface area contributed by atoms with Gasteiger partial charge < -0.3 is 20.4 Å². The molecule has 1 amide bonds. The fourth-order valence-electron chi connectivity index (χ4n) is 3.35. The Bertz CT molecular complexity index is 724. The van der Waals surface area contributed by atoms with Crippen molar-refractivity contribution in [3.63, 3.8) is 0 Å². The minimum Gasteiger partial charge on any atom is -0.468 e. The lowest BCUT2D eigenvalue weighted by molar-refractivity contribution is 0.0957. The SMILES string of the molecule is CN=C(NCCCNC(=O)c1cccs1)NCC(c1ccco1)N1CCCC1. The fraction of sp³-hybridized carbons (Fsp3) is 0.500. The summed E-state index contributed by atoms with van der Waals surface area (Å²) >= 11 is 1.45. The number of nitrogens with zero attached hydrogens (tertiary/aromatic N) is 2. The number of furan rings is 1. The van der Waals surface area contributed by atoms with E-state index in [0.717, 1.165) is 49.2 Å². The molecule has 0 bridgehead atoms. The van der Waals surface area contributed by atoms with Crippen molar-refractivity contribution in [1.29, 1.82) is 0 Å². The van der Waals surface area contributed by atoms with Crippen LogP contribution in [0.4, 0.5) is 0 Å². The van der Waals surface area contributed by atoms with Gasteiger partial charge in [0.1, 0.15) is 5.76 Å². The first kappa shape index (κ1) is 20.4. The Labute approximate surface area is 170 Å². The summed E-state index contributed by atoms with van der Waals surface area (Å²) in [7, 11) is 1.77. The number of guanidine groups is 1. The average Bonchev–Trinajstić information content (AvgIpc) is 3.49. The molecule has 3 N–H and O–H groups in total. The standard InChI is InChI=1S/C20H29N5O2S/c1-21-20(23-10-6-9-22-19(26)18-8-5-14-28-18)24-15-16(17-7-4-13-27-17)25-11-2-3-12-25/h4-5,7-8,13-14,16H,2-3,6,9-12,15H2,1H3,(H,22,26)(H2,21,23,24). The van der Waals surface area contributed by atoms with Gasteiger partial charge in [-0.05, 0) is 55.9 Å². The zero-order chi connectivity index (χ0) is 19.6. The number of rotatable bonds is 9. The quantitative estimate of drug-likeness (QED) is 0.340. The summed E-state index contributed by atoms with van der Waals surface area (Å²) in [6.07, 6.45) is 5.03. The van der Waals surface area contributed by atoms with E-state index in [0.29, 0.717) is 6.54 Å². The molecule has 0 saturated carbocycles. The molecule has 152 valence electrons. The van der Waals surface area contributed by atoms with Crippen molar-refractivity contribution in [2.75, 3.05) is 39.8 Å². The van der Waals surface area contributed by atoms with Gasteiger partial charge in [0.25, 0.3) is 5.91 Å². The van der Waals surface area contributed by atoms with Crippen LogP contribution in [0.15, 0.2) is 45.3 Å². The van der Waals surface area contributed by atoms with Crippen LogP contribution in [-0.4, -0.2) is 56.5 Å². The molecule has 7 nitrogen and oxygen atoms in total. The van der Waals surface area contributed by atoms with Crippen LogP contribution in [0, 0.1) is 0 Å². The van der Waals surface area contributed by atoms with Gasteiger partial charge in [-0.1, -0.05) is 6.07 Å². The molecule has 1 aliphatic rings. The zero-order valence-corrected chi connectivity index (χ0v) is 17.1. The molecule has 1 unspecified atom stereocenters. The molecular formula is C20H29N5O2S. The Kier molecular flexibility index (Phi) is 7.93. The second-order valence-corrected chi connectivity index (χ2v) is 7.69. The second kappa shape index (κ2) is 10.9. The number of nitrogens with one attached hydrogen (secondary N) is 3. The number of carbonyl (C=O) groups is 1. The molecule has 1 aliphatic heterocycles. The van der Waals surface area contributed by atoms with Gasteiger partial charge in [0, 0.05) is 26.7 Å². The normalized spacial score (nSPS) is 16.1. The number of hydrogen-bond donors (Lipinski definition) is 3. The molecule has 1 fully saturated rings. The predicted molar refractivity (Wildman–Crippen MR) is 113 cm³/mol. The summed E-state index contributed by atoms with van der Waals surface area (Å²) in [5, 5.41) is 11.6. The van der Waals surface area contributed by atoms with Crippen LogP contribution in [0.3, 0.4) is 0 Å². The Morgan fingerprint density at radius 1 is 1.21 bits per heavy atom. The molecule has 0 aromatic carbocycles. The average molecular weight is 404 g/mol. The highest BCUT2D eigenvalue weighted by Crippen LogP contribution is 2.24. The van der Waals surface area contributed by atoms with Crippen molar-refractivity contribution in [3.8, 4) is 0 Å². The van der Waals surface area contributed by atoms with E-state index in [1.54, 1.807) is 13.3 Å². The summed E-state index contributed by atoms with van der Waals surface area (Å²) < 4.78 is 5.66. The van der Waals surface area contributed by atoms with E-state index in [-0.39, 0.29) is 11.9 Å². The number of amides is 1. The zero-order valence-electron chi connectivity index (χ0n) is 16.3. The number of thiophene rings is 1. The van der Waals surface area contributed by atoms with Gasteiger partial charge in [0.2, 0.25) is 0 Å². The maximum absolute atomic E-state index is 11.9. The van der Waals surface area contributed by atoms with E-state index >= 15 is 0 Å². The van der Waals surface area contributed by atoms with Gasteiger partial charge in [-0.3, -0.25) is 14.7 Å². The van der Waals surface area contributed by atoms with E-state index in [4.69, 9.17) is 4.42 Å². The molecule has 2 aromatic heterocycles. The summed E-state index contributed by atoms with van der Waals surface area (Å²) in [6.45, 7) is 4.30. The molecule has 1 saturated heterocycles. The highest BCUT2D eigenvalue weighted by molar-refractivity contribution is 7.12. The van der Waals surface area contributed by atoms with Crippen LogP contribution in [0.1, 0.15) is 40.7 Å². The van der Waals surface area contributed by atoms with Crippen molar-refractivity contribution in [3.05, 3.63) is 46.5 Å². The Morgan fingerprint density at radius 3 is 2.71 bits per heavy atom. The third kappa shape index (κ3) is 5.84. The van der Waals surface area contributed by atoms with Crippen molar-refractivity contribution >= 4 is 23.2 Å². The maximum atomic E-state index is 11.9. The number of carbonyl (C=O) groups excluding carboxylic acids is 1. The molecule has 2 aromatic rings. The number of likely N-dealkylation sites (tertiary alicyclic amines) is 1. The van der Waals surface area contributed by atoms with Gasteiger partial charge in [-0.15, -0.1) is 11.3 Å². The second-order valence-electron chi connectivity index (χ2n) is 6.74. The Morgan fingerprint density at radius 2 is 2.04 bits per heavy atom. The van der Waals surface area contributed by atoms with Crippen molar-refractivity contribution in [2.24, 2.45) is 4.99 Å². The predicted octanol–water partition coefficient (Wildman–Crippen LogP) is 2.46. The molecule has 0 spiro atoms. The van der Waals surface area contributed by atoms with Crippen LogP contribution in [0.25, 0.3) is 0 Å². The van der Waals surface area contributed by atoms with E-state index in [1.807, 2.05) is 29.6 Å². The minimum atomic E-state index is -0.00981. The van der Waals surface area contributed by atoms with Crippen molar-refractivity contribution < 1.29 is 9.21 Å².